The molecule has 1 aliphatic heterocycles. The zero-order valence-electron chi connectivity index (χ0n) is 12.1. The average Bonchev–Trinajstić information content (AvgIpc) is 2.46. The fourth-order valence-corrected chi connectivity index (χ4v) is 3.00. The van der Waals surface area contributed by atoms with E-state index in [-0.39, 0.29) is 5.41 Å². The van der Waals surface area contributed by atoms with E-state index >= 15 is 0 Å². The van der Waals surface area contributed by atoms with Gasteiger partial charge in [0, 0.05) is 6.42 Å². The summed E-state index contributed by atoms with van der Waals surface area (Å²) in [5.74, 6) is 1.03. The van der Waals surface area contributed by atoms with Crippen molar-refractivity contribution in [3.05, 3.63) is 35.9 Å². The largest absolute Gasteiger partial charge is 0.317 e. The molecule has 1 aromatic carbocycles. The van der Waals surface area contributed by atoms with Crippen molar-refractivity contribution in [2.45, 2.75) is 44.9 Å². The molecule has 0 aromatic heterocycles. The maximum absolute atomic E-state index is 12.8. The number of carbonyl (C=O) groups is 1. The van der Waals surface area contributed by atoms with Crippen LogP contribution >= 0.6 is 0 Å². The van der Waals surface area contributed by atoms with Crippen molar-refractivity contribution in [2.24, 2.45) is 5.92 Å². The van der Waals surface area contributed by atoms with Crippen molar-refractivity contribution in [3.63, 3.8) is 0 Å². The standard InChI is InChI=1S/C17H25NO/c1-14(2)8-9-16(19)17(10-12-18-13-11-17)15-6-4-3-5-7-15/h3-7,14,18H,8-13H2,1-2H3. The van der Waals surface area contributed by atoms with Gasteiger partial charge in [0.15, 0.2) is 0 Å². The van der Waals surface area contributed by atoms with E-state index in [1.807, 2.05) is 6.07 Å². The molecule has 0 saturated carbocycles. The van der Waals surface area contributed by atoms with Gasteiger partial charge in [-0.2, -0.15) is 0 Å². The van der Waals surface area contributed by atoms with E-state index in [4.69, 9.17) is 0 Å². The first-order chi connectivity index (χ1) is 9.15. The molecule has 1 fully saturated rings. The topological polar surface area (TPSA) is 29.1 Å². The summed E-state index contributed by atoms with van der Waals surface area (Å²) in [6, 6.07) is 10.4. The molecule has 1 aromatic rings. The number of piperidine rings is 1. The lowest BCUT2D eigenvalue weighted by molar-refractivity contribution is -0.125. The molecule has 0 bridgehead atoms. The first-order valence-corrected chi connectivity index (χ1v) is 7.45. The van der Waals surface area contributed by atoms with E-state index in [2.05, 4.69) is 43.4 Å². The van der Waals surface area contributed by atoms with E-state index in [9.17, 15) is 4.79 Å². The van der Waals surface area contributed by atoms with Crippen LogP contribution in [0, 0.1) is 5.92 Å². The monoisotopic (exact) mass is 259 g/mol. The summed E-state index contributed by atoms with van der Waals surface area (Å²) >= 11 is 0. The average molecular weight is 259 g/mol. The van der Waals surface area contributed by atoms with Crippen LogP contribution in [-0.2, 0) is 10.2 Å². The normalized spacial score (nSPS) is 18.5. The predicted molar refractivity (Wildman–Crippen MR) is 79.3 cm³/mol. The van der Waals surface area contributed by atoms with E-state index in [0.29, 0.717) is 18.1 Å². The molecule has 0 unspecified atom stereocenters. The molecule has 0 radical (unpaired) electrons. The van der Waals surface area contributed by atoms with Gasteiger partial charge >= 0.3 is 0 Å². The second kappa shape index (κ2) is 6.33. The Bertz CT molecular complexity index is 405. The van der Waals surface area contributed by atoms with Crippen molar-refractivity contribution in [3.8, 4) is 0 Å². The molecule has 0 amide bonds. The lowest BCUT2D eigenvalue weighted by Crippen LogP contribution is -2.45. The number of hydrogen-bond acceptors (Lipinski definition) is 2. The number of Topliss-reactive ketones (excluding diaryl/α,β-unsaturated/α-hetero) is 1. The zero-order chi connectivity index (χ0) is 13.7. The number of benzene rings is 1. The number of ketones is 1. The zero-order valence-corrected chi connectivity index (χ0v) is 12.1. The first-order valence-electron chi connectivity index (χ1n) is 7.45. The maximum atomic E-state index is 12.8. The van der Waals surface area contributed by atoms with Gasteiger partial charge in [0.25, 0.3) is 0 Å². The van der Waals surface area contributed by atoms with Gasteiger partial charge in [-0.15, -0.1) is 0 Å². The van der Waals surface area contributed by atoms with Gasteiger partial charge in [-0.05, 0) is 43.8 Å². The van der Waals surface area contributed by atoms with E-state index in [0.717, 1.165) is 32.4 Å². The smallest absolute Gasteiger partial charge is 0.143 e. The minimum absolute atomic E-state index is 0.235. The van der Waals surface area contributed by atoms with Crippen LogP contribution < -0.4 is 5.32 Å². The van der Waals surface area contributed by atoms with Gasteiger partial charge in [-0.3, -0.25) is 4.79 Å². The van der Waals surface area contributed by atoms with Gasteiger partial charge < -0.3 is 5.32 Å². The van der Waals surface area contributed by atoms with Gasteiger partial charge in [0.1, 0.15) is 5.78 Å². The Labute approximate surface area is 116 Å². The highest BCUT2D eigenvalue weighted by Crippen LogP contribution is 2.36. The van der Waals surface area contributed by atoms with Crippen LogP contribution in [0.4, 0.5) is 0 Å². The molecule has 1 saturated heterocycles. The van der Waals surface area contributed by atoms with Crippen LogP contribution in [0.25, 0.3) is 0 Å². The molecule has 19 heavy (non-hydrogen) atoms. The Balaban J connectivity index is 2.22. The lowest BCUT2D eigenvalue weighted by atomic mass is 9.69. The minimum atomic E-state index is -0.235. The van der Waals surface area contributed by atoms with Crippen LogP contribution in [0.3, 0.4) is 0 Å². The molecule has 0 atom stereocenters. The molecule has 0 spiro atoms. The quantitative estimate of drug-likeness (QED) is 0.879. The molecule has 1 aliphatic rings. The number of hydrogen-bond donors (Lipinski definition) is 1. The Morgan fingerprint density at radius 2 is 1.84 bits per heavy atom. The highest BCUT2D eigenvalue weighted by Gasteiger charge is 2.40. The SMILES string of the molecule is CC(C)CCC(=O)C1(c2ccccc2)CCNCC1. The first kappa shape index (κ1) is 14.3. The lowest BCUT2D eigenvalue weighted by Gasteiger charge is -2.37. The molecule has 1 N–H and O–H groups in total. The molecular formula is C17H25NO. The Hall–Kier alpha value is -1.15. The van der Waals surface area contributed by atoms with Crippen LogP contribution in [0.15, 0.2) is 30.3 Å². The van der Waals surface area contributed by atoms with Gasteiger partial charge in [0.05, 0.1) is 5.41 Å². The van der Waals surface area contributed by atoms with Crippen molar-refractivity contribution in [2.75, 3.05) is 13.1 Å². The predicted octanol–water partition coefficient (Wildman–Crippen LogP) is 3.31. The molecule has 2 rings (SSSR count). The summed E-state index contributed by atoms with van der Waals surface area (Å²) < 4.78 is 0. The van der Waals surface area contributed by atoms with Crippen molar-refractivity contribution >= 4 is 5.78 Å². The van der Waals surface area contributed by atoms with Gasteiger partial charge in [0.2, 0.25) is 0 Å². The van der Waals surface area contributed by atoms with E-state index in [1.165, 1.54) is 5.56 Å². The molecule has 0 aliphatic carbocycles. The van der Waals surface area contributed by atoms with Crippen LogP contribution in [0.1, 0.15) is 45.1 Å². The van der Waals surface area contributed by atoms with Gasteiger partial charge in [-0.25, -0.2) is 0 Å². The van der Waals surface area contributed by atoms with E-state index in [1.54, 1.807) is 0 Å². The Morgan fingerprint density at radius 1 is 1.21 bits per heavy atom. The minimum Gasteiger partial charge on any atom is -0.317 e. The molecule has 2 nitrogen and oxygen atoms in total. The summed E-state index contributed by atoms with van der Waals surface area (Å²) in [5.41, 5.74) is 0.978. The highest BCUT2D eigenvalue weighted by atomic mass is 16.1. The number of rotatable bonds is 5. The van der Waals surface area contributed by atoms with Crippen LogP contribution in [0.5, 0.6) is 0 Å². The molecule has 1 heterocycles. The highest BCUT2D eigenvalue weighted by molar-refractivity contribution is 5.90. The second-order valence-corrected chi connectivity index (χ2v) is 6.05. The third-order valence-electron chi connectivity index (χ3n) is 4.27. The molecule has 104 valence electrons. The van der Waals surface area contributed by atoms with Crippen LogP contribution in [0.2, 0.25) is 0 Å². The molecular weight excluding hydrogens is 234 g/mol. The fraction of sp³-hybridized carbons (Fsp3) is 0.588. The summed E-state index contributed by atoms with van der Waals surface area (Å²) in [6.07, 6.45) is 3.59. The fourth-order valence-electron chi connectivity index (χ4n) is 3.00. The Kier molecular flexibility index (Phi) is 4.76. The molecule has 2 heteroatoms. The van der Waals surface area contributed by atoms with Crippen molar-refractivity contribution in [1.82, 2.24) is 5.32 Å². The second-order valence-electron chi connectivity index (χ2n) is 6.05. The third kappa shape index (κ3) is 3.24. The summed E-state index contributed by atoms with van der Waals surface area (Å²) in [4.78, 5) is 12.8. The van der Waals surface area contributed by atoms with Crippen molar-refractivity contribution in [1.29, 1.82) is 0 Å². The Morgan fingerprint density at radius 3 is 2.42 bits per heavy atom. The summed E-state index contributed by atoms with van der Waals surface area (Å²) in [6.45, 7) is 6.26. The number of carbonyl (C=O) groups excluding carboxylic acids is 1. The van der Waals surface area contributed by atoms with Crippen LogP contribution in [-0.4, -0.2) is 18.9 Å². The maximum Gasteiger partial charge on any atom is 0.143 e. The number of nitrogens with one attached hydrogen (secondary N) is 1. The summed E-state index contributed by atoms with van der Waals surface area (Å²) in [7, 11) is 0. The van der Waals surface area contributed by atoms with E-state index < -0.39 is 0 Å². The summed E-state index contributed by atoms with van der Waals surface area (Å²) in [5, 5.41) is 3.38. The van der Waals surface area contributed by atoms with Gasteiger partial charge in [-0.1, -0.05) is 44.2 Å². The van der Waals surface area contributed by atoms with Crippen molar-refractivity contribution < 1.29 is 4.79 Å². The third-order valence-corrected chi connectivity index (χ3v) is 4.27.